The van der Waals surface area contributed by atoms with E-state index < -0.39 is 0 Å². The Bertz CT molecular complexity index is 420. The Morgan fingerprint density at radius 3 is 2.79 bits per heavy atom. The lowest BCUT2D eigenvalue weighted by Gasteiger charge is -1.98. The van der Waals surface area contributed by atoms with E-state index in [0.29, 0.717) is 11.4 Å². The standard InChI is InChI=1S/C7H5N6O/c1-14-7-12-6(3-10-13-7)5-2-9-11-4-8-5/h2-3H,1H3. The van der Waals surface area contributed by atoms with E-state index in [1.165, 1.54) is 19.5 Å². The van der Waals surface area contributed by atoms with Crippen LogP contribution in [0.2, 0.25) is 0 Å². The van der Waals surface area contributed by atoms with Crippen molar-refractivity contribution in [3.8, 4) is 17.4 Å². The van der Waals surface area contributed by atoms with E-state index in [1.54, 1.807) is 0 Å². The number of rotatable bonds is 2. The van der Waals surface area contributed by atoms with E-state index >= 15 is 0 Å². The van der Waals surface area contributed by atoms with Gasteiger partial charge in [-0.15, -0.1) is 5.10 Å². The molecule has 2 aromatic heterocycles. The predicted octanol–water partition coefficient (Wildman–Crippen LogP) is -0.468. The van der Waals surface area contributed by atoms with Crippen LogP contribution in [0.5, 0.6) is 6.01 Å². The van der Waals surface area contributed by atoms with Gasteiger partial charge in [0.25, 0.3) is 0 Å². The van der Waals surface area contributed by atoms with Gasteiger partial charge in [-0.1, -0.05) is 5.10 Å². The average molecular weight is 189 g/mol. The summed E-state index contributed by atoms with van der Waals surface area (Å²) in [7, 11) is 1.46. The van der Waals surface area contributed by atoms with Gasteiger partial charge < -0.3 is 4.74 Å². The van der Waals surface area contributed by atoms with Crippen LogP contribution >= 0.6 is 0 Å². The van der Waals surface area contributed by atoms with Crippen LogP contribution in [0.25, 0.3) is 11.4 Å². The van der Waals surface area contributed by atoms with Crippen molar-refractivity contribution >= 4 is 0 Å². The molecule has 14 heavy (non-hydrogen) atoms. The van der Waals surface area contributed by atoms with Gasteiger partial charge in [0, 0.05) is 0 Å². The zero-order chi connectivity index (χ0) is 9.80. The molecule has 0 unspecified atom stereocenters. The SMILES string of the molecule is COc1nncc(-c2cnn[c]n2)n1. The van der Waals surface area contributed by atoms with Crippen molar-refractivity contribution < 1.29 is 4.74 Å². The molecule has 0 aliphatic heterocycles. The summed E-state index contributed by atoms with van der Waals surface area (Å²) in [5, 5.41) is 14.4. The lowest BCUT2D eigenvalue weighted by Crippen LogP contribution is -1.97. The molecule has 7 heteroatoms. The maximum atomic E-state index is 4.82. The number of methoxy groups -OCH3 is 1. The summed E-state index contributed by atoms with van der Waals surface area (Å²) >= 11 is 0. The maximum Gasteiger partial charge on any atom is 0.336 e. The van der Waals surface area contributed by atoms with Crippen molar-refractivity contribution in [3.05, 3.63) is 18.7 Å². The fourth-order valence-electron chi connectivity index (χ4n) is 0.835. The summed E-state index contributed by atoms with van der Waals surface area (Å²) in [5.41, 5.74) is 1.04. The molecule has 7 nitrogen and oxygen atoms in total. The average Bonchev–Trinajstić information content (AvgIpc) is 2.30. The highest BCUT2D eigenvalue weighted by Crippen LogP contribution is 2.11. The molecule has 0 N–H and O–H groups in total. The van der Waals surface area contributed by atoms with Crippen LogP contribution in [0.3, 0.4) is 0 Å². The fourth-order valence-corrected chi connectivity index (χ4v) is 0.835. The molecule has 0 saturated heterocycles. The summed E-state index contributed by atoms with van der Waals surface area (Å²) in [6.07, 6.45) is 5.27. The normalized spacial score (nSPS) is 9.79. The molecule has 0 spiro atoms. The Hall–Kier alpha value is -2.18. The first-order valence-electron chi connectivity index (χ1n) is 3.70. The van der Waals surface area contributed by atoms with Gasteiger partial charge in [0.2, 0.25) is 6.33 Å². The van der Waals surface area contributed by atoms with Crippen LogP contribution in [-0.4, -0.2) is 37.5 Å². The summed E-state index contributed by atoms with van der Waals surface area (Å²) in [6, 6.07) is 0.182. The first-order chi connectivity index (χ1) is 6.90. The van der Waals surface area contributed by atoms with Gasteiger partial charge in [-0.05, 0) is 0 Å². The summed E-state index contributed by atoms with van der Waals surface area (Å²) in [6.45, 7) is 0. The lowest BCUT2D eigenvalue weighted by atomic mass is 10.3. The molecule has 0 aromatic carbocycles. The number of hydrogen-bond donors (Lipinski definition) is 0. The smallest absolute Gasteiger partial charge is 0.336 e. The third-order valence-electron chi connectivity index (χ3n) is 1.44. The Morgan fingerprint density at radius 2 is 2.07 bits per heavy atom. The maximum absolute atomic E-state index is 4.82. The Balaban J connectivity index is 2.42. The molecular formula is C7H5N6O. The number of ether oxygens (including phenoxy) is 1. The second-order valence-electron chi connectivity index (χ2n) is 2.27. The van der Waals surface area contributed by atoms with E-state index in [9.17, 15) is 0 Å². The fraction of sp³-hybridized carbons (Fsp3) is 0.143. The molecule has 0 bridgehead atoms. The van der Waals surface area contributed by atoms with Crippen LogP contribution in [0.1, 0.15) is 0 Å². The van der Waals surface area contributed by atoms with Gasteiger partial charge in [-0.3, -0.25) is 0 Å². The highest BCUT2D eigenvalue weighted by molar-refractivity contribution is 5.50. The minimum Gasteiger partial charge on any atom is -0.466 e. The van der Waals surface area contributed by atoms with Gasteiger partial charge in [-0.25, -0.2) is 4.98 Å². The van der Waals surface area contributed by atoms with Crippen molar-refractivity contribution in [1.82, 2.24) is 30.4 Å². The van der Waals surface area contributed by atoms with Crippen LogP contribution < -0.4 is 4.74 Å². The quantitative estimate of drug-likeness (QED) is 0.631. The summed E-state index contributed by atoms with van der Waals surface area (Å²) in [5.74, 6) is 0. The van der Waals surface area contributed by atoms with Gasteiger partial charge in [0.1, 0.15) is 11.4 Å². The molecule has 0 amide bonds. The molecule has 69 valence electrons. The zero-order valence-electron chi connectivity index (χ0n) is 7.25. The molecular weight excluding hydrogens is 184 g/mol. The van der Waals surface area contributed by atoms with Crippen molar-refractivity contribution in [2.24, 2.45) is 0 Å². The van der Waals surface area contributed by atoms with Gasteiger partial charge in [0.05, 0.1) is 19.5 Å². The number of hydrogen-bond acceptors (Lipinski definition) is 7. The van der Waals surface area contributed by atoms with E-state index in [2.05, 4.69) is 36.7 Å². The van der Waals surface area contributed by atoms with Crippen molar-refractivity contribution in [2.45, 2.75) is 0 Å². The monoisotopic (exact) mass is 189 g/mol. The molecule has 2 heterocycles. The molecule has 0 saturated carbocycles. The summed E-state index contributed by atoms with van der Waals surface area (Å²) < 4.78 is 4.82. The first-order valence-corrected chi connectivity index (χ1v) is 3.70. The van der Waals surface area contributed by atoms with Crippen LogP contribution in [0.15, 0.2) is 12.4 Å². The lowest BCUT2D eigenvalue weighted by molar-refractivity contribution is 0.374. The summed E-state index contributed by atoms with van der Waals surface area (Å²) in [4.78, 5) is 7.86. The van der Waals surface area contributed by atoms with E-state index in [4.69, 9.17) is 4.74 Å². The minimum absolute atomic E-state index is 0.182. The van der Waals surface area contributed by atoms with E-state index in [-0.39, 0.29) is 6.01 Å². The Kier molecular flexibility index (Phi) is 2.22. The van der Waals surface area contributed by atoms with E-state index in [1.807, 2.05) is 0 Å². The van der Waals surface area contributed by atoms with Gasteiger partial charge in [0.15, 0.2) is 0 Å². The largest absolute Gasteiger partial charge is 0.466 e. The second-order valence-corrected chi connectivity index (χ2v) is 2.27. The highest BCUT2D eigenvalue weighted by atomic mass is 16.5. The van der Waals surface area contributed by atoms with Crippen LogP contribution in [-0.2, 0) is 0 Å². The first kappa shape index (κ1) is 8.42. The molecule has 1 radical (unpaired) electrons. The Morgan fingerprint density at radius 1 is 1.21 bits per heavy atom. The number of nitrogens with zero attached hydrogens (tertiary/aromatic N) is 6. The molecule has 2 aromatic rings. The van der Waals surface area contributed by atoms with Gasteiger partial charge >= 0.3 is 6.01 Å². The predicted molar refractivity (Wildman–Crippen MR) is 44.0 cm³/mol. The van der Waals surface area contributed by atoms with Crippen LogP contribution in [0, 0.1) is 6.33 Å². The van der Waals surface area contributed by atoms with Crippen LogP contribution in [0.4, 0.5) is 0 Å². The molecule has 0 fully saturated rings. The van der Waals surface area contributed by atoms with E-state index in [0.717, 1.165) is 0 Å². The molecule has 0 aliphatic rings. The van der Waals surface area contributed by atoms with Crippen molar-refractivity contribution in [3.63, 3.8) is 0 Å². The molecule has 0 atom stereocenters. The topological polar surface area (TPSA) is 86.6 Å². The van der Waals surface area contributed by atoms with Crippen molar-refractivity contribution in [2.75, 3.05) is 7.11 Å². The zero-order valence-corrected chi connectivity index (χ0v) is 7.25. The molecule has 0 aliphatic carbocycles. The minimum atomic E-state index is 0.182. The van der Waals surface area contributed by atoms with Crippen molar-refractivity contribution in [1.29, 1.82) is 0 Å². The molecule has 2 rings (SSSR count). The Labute approximate surface area is 79.2 Å². The third kappa shape index (κ3) is 1.60. The van der Waals surface area contributed by atoms with Gasteiger partial charge in [-0.2, -0.15) is 15.2 Å². The highest BCUT2D eigenvalue weighted by Gasteiger charge is 2.04. The number of aromatic nitrogens is 6. The third-order valence-corrected chi connectivity index (χ3v) is 1.44. The second kappa shape index (κ2) is 3.69.